The standard InChI is InChI=1S/C19H30N6O5/c1-19(2,3)30-18(27)23-10-8-22(9-11-23)7-6-15-20-21-16(29-15)14-5-4-13-12-24(14)17(26)25(13)28/h13-14,28H,4-12H2,1-3H3/t13-,14+/m1/s1. The quantitative estimate of drug-likeness (QED) is 0.726. The number of hydroxylamine groups is 2. The van der Waals surface area contributed by atoms with Gasteiger partial charge in [-0.3, -0.25) is 10.1 Å². The summed E-state index contributed by atoms with van der Waals surface area (Å²) in [5.41, 5.74) is -0.488. The highest BCUT2D eigenvalue weighted by Crippen LogP contribution is 2.36. The number of rotatable bonds is 4. The lowest BCUT2D eigenvalue weighted by molar-refractivity contribution is -0.0584. The molecule has 3 aliphatic heterocycles. The van der Waals surface area contributed by atoms with Crippen molar-refractivity contribution in [1.82, 2.24) is 30.0 Å². The maximum absolute atomic E-state index is 12.2. The normalized spacial score (nSPS) is 25.2. The fraction of sp³-hybridized carbons (Fsp3) is 0.789. The Kier molecular flexibility index (Phi) is 5.58. The van der Waals surface area contributed by atoms with E-state index in [-0.39, 0.29) is 18.2 Å². The van der Waals surface area contributed by atoms with Gasteiger partial charge in [-0.15, -0.1) is 10.2 Å². The Morgan fingerprint density at radius 1 is 1.20 bits per heavy atom. The summed E-state index contributed by atoms with van der Waals surface area (Å²) in [6, 6.07) is -0.815. The fourth-order valence-corrected chi connectivity index (χ4v) is 4.14. The van der Waals surface area contributed by atoms with E-state index < -0.39 is 11.6 Å². The Morgan fingerprint density at radius 3 is 2.63 bits per heavy atom. The second kappa shape index (κ2) is 8.03. The first kappa shape index (κ1) is 20.9. The van der Waals surface area contributed by atoms with E-state index in [2.05, 4.69) is 15.1 Å². The zero-order valence-electron chi connectivity index (χ0n) is 17.8. The van der Waals surface area contributed by atoms with Gasteiger partial charge < -0.3 is 19.0 Å². The van der Waals surface area contributed by atoms with Crippen molar-refractivity contribution in [3.8, 4) is 0 Å². The predicted octanol–water partition coefficient (Wildman–Crippen LogP) is 1.50. The number of nitrogens with zero attached hydrogens (tertiary/aromatic N) is 6. The van der Waals surface area contributed by atoms with Crippen molar-refractivity contribution >= 4 is 12.1 Å². The van der Waals surface area contributed by atoms with Crippen molar-refractivity contribution in [3.63, 3.8) is 0 Å². The number of piperidine rings is 1. The van der Waals surface area contributed by atoms with Gasteiger partial charge in [0.05, 0.1) is 6.04 Å². The number of piperazine rings is 1. The number of ether oxygens (including phenoxy) is 1. The first-order chi connectivity index (χ1) is 14.2. The van der Waals surface area contributed by atoms with Crippen LogP contribution < -0.4 is 0 Å². The first-order valence-electron chi connectivity index (χ1n) is 10.5. The molecule has 0 unspecified atom stereocenters. The van der Waals surface area contributed by atoms with Gasteiger partial charge in [0.15, 0.2) is 0 Å². The molecule has 30 heavy (non-hydrogen) atoms. The number of amides is 3. The summed E-state index contributed by atoms with van der Waals surface area (Å²) in [5, 5.41) is 18.9. The maximum Gasteiger partial charge on any atom is 0.410 e. The number of hydrogen-bond donors (Lipinski definition) is 1. The Morgan fingerprint density at radius 2 is 1.93 bits per heavy atom. The molecule has 0 radical (unpaired) electrons. The predicted molar refractivity (Wildman–Crippen MR) is 104 cm³/mol. The fourth-order valence-electron chi connectivity index (χ4n) is 4.14. The molecule has 0 aromatic carbocycles. The van der Waals surface area contributed by atoms with Gasteiger partial charge in [-0.1, -0.05) is 0 Å². The van der Waals surface area contributed by atoms with Gasteiger partial charge in [0.2, 0.25) is 11.8 Å². The summed E-state index contributed by atoms with van der Waals surface area (Å²) in [6.07, 6.45) is 1.75. The van der Waals surface area contributed by atoms with E-state index in [0.717, 1.165) is 24.7 Å². The third kappa shape index (κ3) is 4.36. The summed E-state index contributed by atoms with van der Waals surface area (Å²) >= 11 is 0. The lowest BCUT2D eigenvalue weighted by Gasteiger charge is -2.35. The number of fused-ring (bicyclic) bond motifs is 2. The average molecular weight is 422 g/mol. The van der Waals surface area contributed by atoms with Gasteiger partial charge in [0.25, 0.3) is 0 Å². The van der Waals surface area contributed by atoms with Crippen LogP contribution in [0.3, 0.4) is 0 Å². The largest absolute Gasteiger partial charge is 0.444 e. The Hall–Kier alpha value is -2.40. The molecule has 1 aromatic rings. The zero-order chi connectivity index (χ0) is 21.5. The van der Waals surface area contributed by atoms with Gasteiger partial charge in [-0.2, -0.15) is 0 Å². The molecule has 11 nitrogen and oxygen atoms in total. The van der Waals surface area contributed by atoms with Crippen molar-refractivity contribution < 1.29 is 24.0 Å². The minimum Gasteiger partial charge on any atom is -0.444 e. The third-order valence-corrected chi connectivity index (χ3v) is 5.78. The highest BCUT2D eigenvalue weighted by atomic mass is 16.6. The number of hydrogen-bond acceptors (Lipinski definition) is 8. The van der Waals surface area contributed by atoms with Crippen LogP contribution in [0.2, 0.25) is 0 Å². The second-order valence-corrected chi connectivity index (χ2v) is 9.12. The van der Waals surface area contributed by atoms with E-state index in [0.29, 0.717) is 50.7 Å². The molecule has 2 bridgehead atoms. The van der Waals surface area contributed by atoms with Crippen molar-refractivity contribution in [3.05, 3.63) is 11.8 Å². The summed E-state index contributed by atoms with van der Waals surface area (Å²) in [6.45, 7) is 9.62. The minimum absolute atomic E-state index is 0.143. The number of urea groups is 1. The molecule has 0 spiro atoms. The molecule has 3 fully saturated rings. The van der Waals surface area contributed by atoms with Crippen LogP contribution in [-0.4, -0.2) is 98.2 Å². The van der Waals surface area contributed by atoms with Gasteiger partial charge in [-0.05, 0) is 33.6 Å². The van der Waals surface area contributed by atoms with E-state index in [1.807, 2.05) is 20.8 Å². The van der Waals surface area contributed by atoms with E-state index >= 15 is 0 Å². The molecule has 166 valence electrons. The van der Waals surface area contributed by atoms with Crippen LogP contribution in [0.15, 0.2) is 4.42 Å². The first-order valence-corrected chi connectivity index (χ1v) is 10.5. The molecule has 1 aromatic heterocycles. The lowest BCUT2D eigenvalue weighted by atomic mass is 10.0. The van der Waals surface area contributed by atoms with E-state index in [4.69, 9.17) is 9.15 Å². The molecule has 11 heteroatoms. The molecule has 1 N–H and O–H groups in total. The number of carbonyl (C=O) groups excluding carboxylic acids is 2. The Labute approximate surface area is 175 Å². The van der Waals surface area contributed by atoms with Crippen LogP contribution in [0.25, 0.3) is 0 Å². The lowest BCUT2D eigenvalue weighted by Crippen LogP contribution is -2.50. The molecule has 0 saturated carbocycles. The molecule has 3 aliphatic rings. The van der Waals surface area contributed by atoms with Crippen molar-refractivity contribution in [1.29, 1.82) is 0 Å². The van der Waals surface area contributed by atoms with Crippen LogP contribution in [0.5, 0.6) is 0 Å². The molecule has 3 saturated heterocycles. The Balaban J connectivity index is 1.25. The highest BCUT2D eigenvalue weighted by molar-refractivity contribution is 5.76. The highest BCUT2D eigenvalue weighted by Gasteiger charge is 2.46. The van der Waals surface area contributed by atoms with E-state index in [9.17, 15) is 14.8 Å². The van der Waals surface area contributed by atoms with Crippen LogP contribution in [0.1, 0.15) is 51.4 Å². The van der Waals surface area contributed by atoms with Crippen LogP contribution in [0, 0.1) is 0 Å². The van der Waals surface area contributed by atoms with Gasteiger partial charge in [-0.25, -0.2) is 14.7 Å². The van der Waals surface area contributed by atoms with E-state index in [1.165, 1.54) is 0 Å². The molecule has 3 amide bonds. The molecule has 0 aliphatic carbocycles. The van der Waals surface area contributed by atoms with Crippen molar-refractivity contribution in [2.24, 2.45) is 0 Å². The molecule has 4 rings (SSSR count). The number of aromatic nitrogens is 2. The second-order valence-electron chi connectivity index (χ2n) is 9.12. The van der Waals surface area contributed by atoms with E-state index in [1.54, 1.807) is 9.80 Å². The van der Waals surface area contributed by atoms with Crippen LogP contribution >= 0.6 is 0 Å². The van der Waals surface area contributed by atoms with Gasteiger partial charge in [0, 0.05) is 45.7 Å². The molecular formula is C19H30N6O5. The summed E-state index contributed by atoms with van der Waals surface area (Å²) < 4.78 is 11.3. The van der Waals surface area contributed by atoms with Crippen molar-refractivity contribution in [2.45, 2.75) is 57.7 Å². The topological polar surface area (TPSA) is 115 Å². The van der Waals surface area contributed by atoms with Crippen LogP contribution in [-0.2, 0) is 11.2 Å². The zero-order valence-corrected chi connectivity index (χ0v) is 17.8. The summed E-state index contributed by atoms with van der Waals surface area (Å²) in [7, 11) is 0. The van der Waals surface area contributed by atoms with Crippen LogP contribution in [0.4, 0.5) is 9.59 Å². The molecule has 2 atom stereocenters. The smallest absolute Gasteiger partial charge is 0.410 e. The summed E-state index contributed by atoms with van der Waals surface area (Å²) in [5.74, 6) is 0.969. The number of carbonyl (C=O) groups is 2. The Bertz CT molecular complexity index is 785. The van der Waals surface area contributed by atoms with Gasteiger partial charge in [0.1, 0.15) is 11.6 Å². The monoisotopic (exact) mass is 422 g/mol. The van der Waals surface area contributed by atoms with Gasteiger partial charge >= 0.3 is 12.1 Å². The SMILES string of the molecule is CC(C)(C)OC(=O)N1CCN(CCc2nnc([C@@H]3CC[C@@H]4CN3C(=O)N4O)o2)CC1. The molecule has 4 heterocycles. The maximum atomic E-state index is 12.2. The minimum atomic E-state index is -0.488. The molecular weight excluding hydrogens is 392 g/mol. The van der Waals surface area contributed by atoms with Crippen molar-refractivity contribution in [2.75, 3.05) is 39.3 Å². The average Bonchev–Trinajstić information content (AvgIpc) is 3.26. The summed E-state index contributed by atoms with van der Waals surface area (Å²) in [4.78, 5) is 29.9. The third-order valence-electron chi connectivity index (χ3n) is 5.78.